The minimum absolute atomic E-state index is 0.149. The zero-order valence-electron chi connectivity index (χ0n) is 17.6. The molecular formula is C24H28N2O5. The number of hydrogen-bond donors (Lipinski definition) is 2. The first-order chi connectivity index (χ1) is 15.0. The number of rotatable bonds is 8. The van der Waals surface area contributed by atoms with E-state index in [1.54, 1.807) is 24.3 Å². The van der Waals surface area contributed by atoms with Gasteiger partial charge in [0.05, 0.1) is 0 Å². The van der Waals surface area contributed by atoms with Crippen LogP contribution >= 0.6 is 0 Å². The molecule has 0 radical (unpaired) electrons. The summed E-state index contributed by atoms with van der Waals surface area (Å²) in [6.07, 6.45) is 4.09. The molecule has 7 heteroatoms. The molecule has 0 heterocycles. The lowest BCUT2D eigenvalue weighted by molar-refractivity contribution is -0.147. The smallest absolute Gasteiger partial charge is 0.325 e. The molecule has 1 aliphatic carbocycles. The molecule has 2 amide bonds. The van der Waals surface area contributed by atoms with Gasteiger partial charge in [0, 0.05) is 11.6 Å². The molecule has 1 fully saturated rings. The van der Waals surface area contributed by atoms with Gasteiger partial charge in [0.15, 0.2) is 6.61 Å². The molecule has 0 bridgehead atoms. The highest BCUT2D eigenvalue weighted by atomic mass is 16.5. The normalized spacial score (nSPS) is 18.0. The highest BCUT2D eigenvalue weighted by Crippen LogP contribution is 2.23. The molecule has 1 aliphatic rings. The summed E-state index contributed by atoms with van der Waals surface area (Å²) in [6.45, 7) is 1.56. The second-order valence-electron chi connectivity index (χ2n) is 7.81. The van der Waals surface area contributed by atoms with E-state index >= 15 is 0 Å². The molecule has 0 unspecified atom stereocenters. The van der Waals surface area contributed by atoms with Crippen LogP contribution in [0, 0.1) is 5.92 Å². The molecule has 0 aromatic heterocycles. The standard InChI is InChI=1S/C24H28N2O5/c1-17-7-11-19(12-8-17)26-22(27)16-30-23(28)15-25-24(29)18-9-13-21(14-10-18)31-20-5-3-2-4-6-20/h2-6,9-10,13-14,17,19H,7-8,11-12,15-16H2,1H3,(H,25,29)(H,26,27). The number of carbonyl (C=O) groups is 3. The first-order valence-electron chi connectivity index (χ1n) is 10.6. The molecule has 0 spiro atoms. The third kappa shape index (κ3) is 7.44. The Balaban J connectivity index is 1.35. The predicted molar refractivity (Wildman–Crippen MR) is 116 cm³/mol. The summed E-state index contributed by atoms with van der Waals surface area (Å²) < 4.78 is 10.6. The molecule has 1 saturated carbocycles. The SMILES string of the molecule is CC1CCC(NC(=O)COC(=O)CNC(=O)c2ccc(Oc3ccccc3)cc2)CC1. The largest absolute Gasteiger partial charge is 0.457 e. The topological polar surface area (TPSA) is 93.7 Å². The Morgan fingerprint density at radius 2 is 1.55 bits per heavy atom. The third-order valence-corrected chi connectivity index (χ3v) is 5.23. The summed E-state index contributed by atoms with van der Waals surface area (Å²) >= 11 is 0. The van der Waals surface area contributed by atoms with E-state index in [-0.39, 0.29) is 25.1 Å². The molecule has 0 atom stereocenters. The van der Waals surface area contributed by atoms with E-state index < -0.39 is 11.9 Å². The third-order valence-electron chi connectivity index (χ3n) is 5.23. The van der Waals surface area contributed by atoms with Gasteiger partial charge in [0.2, 0.25) is 0 Å². The zero-order valence-corrected chi connectivity index (χ0v) is 17.6. The fourth-order valence-corrected chi connectivity index (χ4v) is 3.42. The van der Waals surface area contributed by atoms with E-state index in [2.05, 4.69) is 17.6 Å². The van der Waals surface area contributed by atoms with Gasteiger partial charge in [-0.25, -0.2) is 0 Å². The molecule has 0 aliphatic heterocycles. The average Bonchev–Trinajstić information content (AvgIpc) is 2.79. The van der Waals surface area contributed by atoms with E-state index in [0.717, 1.165) is 25.7 Å². The van der Waals surface area contributed by atoms with Gasteiger partial charge in [0.25, 0.3) is 11.8 Å². The highest BCUT2D eigenvalue weighted by molar-refractivity contribution is 5.96. The zero-order chi connectivity index (χ0) is 22.1. The number of ether oxygens (including phenoxy) is 2. The number of benzene rings is 2. The van der Waals surface area contributed by atoms with Crippen LogP contribution in [0.4, 0.5) is 0 Å². The number of carbonyl (C=O) groups excluding carboxylic acids is 3. The summed E-state index contributed by atoms with van der Waals surface area (Å²) in [5.74, 6) is 0.606. The Labute approximate surface area is 182 Å². The summed E-state index contributed by atoms with van der Waals surface area (Å²) in [4.78, 5) is 36.0. The van der Waals surface area contributed by atoms with Crippen LogP contribution in [-0.2, 0) is 14.3 Å². The Bertz CT molecular complexity index is 875. The number of amides is 2. The molecule has 7 nitrogen and oxygen atoms in total. The van der Waals surface area contributed by atoms with Crippen molar-refractivity contribution in [1.82, 2.24) is 10.6 Å². The average molecular weight is 424 g/mol. The van der Waals surface area contributed by atoms with Crippen molar-refractivity contribution in [2.45, 2.75) is 38.6 Å². The molecule has 2 aromatic carbocycles. The minimum Gasteiger partial charge on any atom is -0.457 e. The number of hydrogen-bond acceptors (Lipinski definition) is 5. The van der Waals surface area contributed by atoms with Crippen LogP contribution in [0.15, 0.2) is 54.6 Å². The van der Waals surface area contributed by atoms with Crippen molar-refractivity contribution < 1.29 is 23.9 Å². The maximum atomic E-state index is 12.2. The summed E-state index contributed by atoms with van der Waals surface area (Å²) in [6, 6.07) is 16.0. The molecular weight excluding hydrogens is 396 g/mol. The lowest BCUT2D eigenvalue weighted by Crippen LogP contribution is -2.40. The van der Waals surface area contributed by atoms with Crippen LogP contribution in [0.2, 0.25) is 0 Å². The Morgan fingerprint density at radius 3 is 2.23 bits per heavy atom. The van der Waals surface area contributed by atoms with Gasteiger partial charge in [-0.3, -0.25) is 14.4 Å². The van der Waals surface area contributed by atoms with Crippen LogP contribution in [0.1, 0.15) is 43.0 Å². The van der Waals surface area contributed by atoms with Crippen LogP contribution in [0.5, 0.6) is 11.5 Å². The lowest BCUT2D eigenvalue weighted by atomic mass is 9.87. The van der Waals surface area contributed by atoms with Gasteiger partial charge in [-0.05, 0) is 68.0 Å². The summed E-state index contributed by atoms with van der Waals surface area (Å²) in [7, 11) is 0. The van der Waals surface area contributed by atoms with Crippen LogP contribution in [-0.4, -0.2) is 37.0 Å². The summed E-state index contributed by atoms with van der Waals surface area (Å²) in [5, 5.41) is 5.38. The number of esters is 1. The summed E-state index contributed by atoms with van der Waals surface area (Å²) in [5.41, 5.74) is 0.387. The molecule has 2 N–H and O–H groups in total. The second kappa shape index (κ2) is 11.2. The maximum Gasteiger partial charge on any atom is 0.325 e. The molecule has 164 valence electrons. The first kappa shape index (κ1) is 22.3. The van der Waals surface area contributed by atoms with Crippen molar-refractivity contribution >= 4 is 17.8 Å². The fraction of sp³-hybridized carbons (Fsp3) is 0.375. The fourth-order valence-electron chi connectivity index (χ4n) is 3.42. The Morgan fingerprint density at radius 1 is 0.903 bits per heavy atom. The first-order valence-corrected chi connectivity index (χ1v) is 10.6. The van der Waals surface area contributed by atoms with Crippen molar-refractivity contribution in [3.05, 3.63) is 60.2 Å². The van der Waals surface area contributed by atoms with Gasteiger partial charge in [-0.2, -0.15) is 0 Å². The van der Waals surface area contributed by atoms with E-state index in [1.165, 1.54) is 0 Å². The van der Waals surface area contributed by atoms with Crippen LogP contribution in [0.3, 0.4) is 0 Å². The predicted octanol–water partition coefficient (Wildman–Crippen LogP) is 3.45. The van der Waals surface area contributed by atoms with Crippen molar-refractivity contribution in [2.24, 2.45) is 5.92 Å². The molecule has 3 rings (SSSR count). The Hall–Kier alpha value is -3.35. The van der Waals surface area contributed by atoms with E-state index in [9.17, 15) is 14.4 Å². The maximum absolute atomic E-state index is 12.2. The van der Waals surface area contributed by atoms with Gasteiger partial charge in [-0.15, -0.1) is 0 Å². The Kier molecular flexibility index (Phi) is 8.04. The lowest BCUT2D eigenvalue weighted by Gasteiger charge is -2.26. The highest BCUT2D eigenvalue weighted by Gasteiger charge is 2.20. The van der Waals surface area contributed by atoms with Crippen molar-refractivity contribution in [1.29, 1.82) is 0 Å². The number of para-hydroxylation sites is 1. The monoisotopic (exact) mass is 424 g/mol. The second-order valence-corrected chi connectivity index (χ2v) is 7.81. The molecule has 0 saturated heterocycles. The van der Waals surface area contributed by atoms with Gasteiger partial charge < -0.3 is 20.1 Å². The van der Waals surface area contributed by atoms with E-state index in [0.29, 0.717) is 23.0 Å². The van der Waals surface area contributed by atoms with Gasteiger partial charge in [-0.1, -0.05) is 25.1 Å². The quantitative estimate of drug-likeness (QED) is 0.633. The van der Waals surface area contributed by atoms with Crippen molar-refractivity contribution in [3.8, 4) is 11.5 Å². The van der Waals surface area contributed by atoms with E-state index in [4.69, 9.17) is 9.47 Å². The number of nitrogens with one attached hydrogen (secondary N) is 2. The van der Waals surface area contributed by atoms with E-state index in [1.807, 2.05) is 30.3 Å². The van der Waals surface area contributed by atoms with Gasteiger partial charge in [0.1, 0.15) is 18.0 Å². The van der Waals surface area contributed by atoms with Gasteiger partial charge >= 0.3 is 5.97 Å². The molecule has 31 heavy (non-hydrogen) atoms. The van der Waals surface area contributed by atoms with Crippen molar-refractivity contribution in [2.75, 3.05) is 13.2 Å². The van der Waals surface area contributed by atoms with Crippen LogP contribution in [0.25, 0.3) is 0 Å². The minimum atomic E-state index is -0.662. The molecule has 2 aromatic rings. The van der Waals surface area contributed by atoms with Crippen LogP contribution < -0.4 is 15.4 Å². The van der Waals surface area contributed by atoms with Crippen molar-refractivity contribution in [3.63, 3.8) is 0 Å².